The molecule has 2 aliphatic rings. The van der Waals surface area contributed by atoms with Crippen LogP contribution in [0.2, 0.25) is 0 Å². The van der Waals surface area contributed by atoms with Gasteiger partial charge in [0.2, 0.25) is 5.95 Å². The molecule has 3 rings (SSSR count). The van der Waals surface area contributed by atoms with E-state index in [9.17, 15) is 4.39 Å². The normalized spacial score (nSPS) is 22.4. The van der Waals surface area contributed by atoms with Crippen molar-refractivity contribution in [1.29, 1.82) is 0 Å². The van der Waals surface area contributed by atoms with Gasteiger partial charge in [0.25, 0.3) is 0 Å². The van der Waals surface area contributed by atoms with Crippen LogP contribution in [0.25, 0.3) is 0 Å². The topological polar surface area (TPSA) is 19.4 Å². The number of anilines is 1. The van der Waals surface area contributed by atoms with Crippen LogP contribution in [0.5, 0.6) is 0 Å². The lowest BCUT2D eigenvalue weighted by molar-refractivity contribution is 0.247. The van der Waals surface area contributed by atoms with Gasteiger partial charge in [-0.05, 0) is 25.0 Å². The monoisotopic (exact) mass is 221 g/mol. The van der Waals surface area contributed by atoms with Crippen molar-refractivity contribution < 1.29 is 4.39 Å². The molecule has 0 atom stereocenters. The zero-order valence-corrected chi connectivity index (χ0v) is 9.27. The van der Waals surface area contributed by atoms with Gasteiger partial charge in [0.15, 0.2) is 0 Å². The third-order valence-electron chi connectivity index (χ3n) is 3.40. The quantitative estimate of drug-likeness (QED) is 0.706. The SMILES string of the molecule is Fc1cccc(N2CCN(C3CC3)CC2)n1. The molecule has 1 saturated carbocycles. The number of rotatable bonds is 2. The Morgan fingerprint density at radius 2 is 1.88 bits per heavy atom. The van der Waals surface area contributed by atoms with Gasteiger partial charge in [-0.25, -0.2) is 4.98 Å². The first-order valence-electron chi connectivity index (χ1n) is 5.94. The van der Waals surface area contributed by atoms with Crippen molar-refractivity contribution in [1.82, 2.24) is 9.88 Å². The van der Waals surface area contributed by atoms with Crippen molar-refractivity contribution in [3.05, 3.63) is 24.1 Å². The summed E-state index contributed by atoms with van der Waals surface area (Å²) >= 11 is 0. The van der Waals surface area contributed by atoms with Crippen molar-refractivity contribution in [2.24, 2.45) is 0 Å². The second-order valence-electron chi connectivity index (χ2n) is 4.57. The van der Waals surface area contributed by atoms with Crippen molar-refractivity contribution in [2.75, 3.05) is 31.1 Å². The number of halogens is 1. The minimum Gasteiger partial charge on any atom is -0.354 e. The maximum Gasteiger partial charge on any atom is 0.214 e. The first kappa shape index (κ1) is 10.0. The van der Waals surface area contributed by atoms with E-state index in [2.05, 4.69) is 14.8 Å². The average molecular weight is 221 g/mol. The minimum absolute atomic E-state index is 0.387. The summed E-state index contributed by atoms with van der Waals surface area (Å²) in [5, 5.41) is 0. The number of aromatic nitrogens is 1. The highest BCUT2D eigenvalue weighted by molar-refractivity contribution is 5.38. The summed E-state index contributed by atoms with van der Waals surface area (Å²) in [5.74, 6) is 0.387. The van der Waals surface area contributed by atoms with Crippen molar-refractivity contribution in [3.8, 4) is 0 Å². The molecule has 3 nitrogen and oxygen atoms in total. The molecule has 0 N–H and O–H groups in total. The molecule has 0 unspecified atom stereocenters. The van der Waals surface area contributed by atoms with Gasteiger partial charge in [-0.2, -0.15) is 4.39 Å². The smallest absolute Gasteiger partial charge is 0.214 e. The van der Waals surface area contributed by atoms with E-state index in [1.54, 1.807) is 6.07 Å². The van der Waals surface area contributed by atoms with Gasteiger partial charge in [-0.1, -0.05) is 6.07 Å². The van der Waals surface area contributed by atoms with E-state index in [1.165, 1.54) is 18.9 Å². The molecule has 1 saturated heterocycles. The highest BCUT2D eigenvalue weighted by Gasteiger charge is 2.31. The van der Waals surface area contributed by atoms with Gasteiger partial charge in [0.05, 0.1) is 0 Å². The van der Waals surface area contributed by atoms with E-state index in [0.717, 1.165) is 38.0 Å². The highest BCUT2D eigenvalue weighted by atomic mass is 19.1. The summed E-state index contributed by atoms with van der Waals surface area (Å²) in [6.45, 7) is 4.10. The van der Waals surface area contributed by atoms with Crippen molar-refractivity contribution in [3.63, 3.8) is 0 Å². The minimum atomic E-state index is -0.387. The predicted octanol–water partition coefficient (Wildman–Crippen LogP) is 1.51. The van der Waals surface area contributed by atoms with E-state index in [-0.39, 0.29) is 5.95 Å². The molecule has 0 spiro atoms. The summed E-state index contributed by atoms with van der Waals surface area (Å²) in [7, 11) is 0. The van der Waals surface area contributed by atoms with Crippen molar-refractivity contribution in [2.45, 2.75) is 18.9 Å². The standard InChI is InChI=1S/C12H16FN3/c13-11-2-1-3-12(14-11)16-8-6-15(7-9-16)10-4-5-10/h1-3,10H,4-9H2. The molecule has 0 amide bonds. The molecule has 16 heavy (non-hydrogen) atoms. The van der Waals surface area contributed by atoms with Gasteiger partial charge >= 0.3 is 0 Å². The summed E-state index contributed by atoms with van der Waals surface area (Å²) < 4.78 is 13.0. The molecule has 0 bridgehead atoms. The first-order chi connectivity index (χ1) is 7.83. The van der Waals surface area contributed by atoms with Crippen LogP contribution in [0.3, 0.4) is 0 Å². The van der Waals surface area contributed by atoms with E-state index >= 15 is 0 Å². The van der Waals surface area contributed by atoms with E-state index < -0.39 is 0 Å². The summed E-state index contributed by atoms with van der Waals surface area (Å²) in [4.78, 5) is 8.63. The van der Waals surface area contributed by atoms with E-state index in [4.69, 9.17) is 0 Å². The Bertz CT molecular complexity index is 370. The highest BCUT2D eigenvalue weighted by Crippen LogP contribution is 2.28. The average Bonchev–Trinajstić information content (AvgIpc) is 3.13. The Labute approximate surface area is 94.9 Å². The van der Waals surface area contributed by atoms with E-state index in [0.29, 0.717) is 0 Å². The van der Waals surface area contributed by atoms with Crippen LogP contribution in [0, 0.1) is 5.95 Å². The number of hydrogen-bond donors (Lipinski definition) is 0. The molecule has 2 fully saturated rings. The first-order valence-corrected chi connectivity index (χ1v) is 5.94. The number of hydrogen-bond acceptors (Lipinski definition) is 3. The Kier molecular flexibility index (Phi) is 2.52. The fraction of sp³-hybridized carbons (Fsp3) is 0.583. The van der Waals surface area contributed by atoms with Gasteiger partial charge < -0.3 is 4.90 Å². The number of piperazine rings is 1. The lowest BCUT2D eigenvalue weighted by Crippen LogP contribution is -2.47. The summed E-state index contributed by atoms with van der Waals surface area (Å²) in [5.41, 5.74) is 0. The molecule has 4 heteroatoms. The van der Waals surface area contributed by atoms with Gasteiger partial charge in [-0.3, -0.25) is 4.90 Å². The Morgan fingerprint density at radius 3 is 2.50 bits per heavy atom. The maximum atomic E-state index is 13.0. The Hall–Kier alpha value is -1.16. The third-order valence-corrected chi connectivity index (χ3v) is 3.40. The van der Waals surface area contributed by atoms with Crippen LogP contribution in [-0.4, -0.2) is 42.1 Å². The van der Waals surface area contributed by atoms with E-state index in [1.807, 2.05) is 6.07 Å². The zero-order valence-electron chi connectivity index (χ0n) is 9.27. The second kappa shape index (κ2) is 4.01. The zero-order chi connectivity index (χ0) is 11.0. The molecule has 0 radical (unpaired) electrons. The lowest BCUT2D eigenvalue weighted by atomic mass is 10.3. The Balaban J connectivity index is 1.64. The molecular formula is C12H16FN3. The van der Waals surface area contributed by atoms with Gasteiger partial charge in [-0.15, -0.1) is 0 Å². The Morgan fingerprint density at radius 1 is 1.12 bits per heavy atom. The second-order valence-corrected chi connectivity index (χ2v) is 4.57. The number of nitrogens with zero attached hydrogens (tertiary/aromatic N) is 3. The van der Waals surface area contributed by atoms with Gasteiger partial charge in [0, 0.05) is 32.2 Å². The van der Waals surface area contributed by atoms with Crippen LogP contribution in [0.4, 0.5) is 10.2 Å². The predicted molar refractivity (Wildman–Crippen MR) is 61.0 cm³/mol. The van der Waals surface area contributed by atoms with Crippen molar-refractivity contribution >= 4 is 5.82 Å². The molecule has 2 heterocycles. The fourth-order valence-electron chi connectivity index (χ4n) is 2.33. The lowest BCUT2D eigenvalue weighted by Gasteiger charge is -2.35. The largest absolute Gasteiger partial charge is 0.354 e. The summed E-state index contributed by atoms with van der Waals surface area (Å²) in [6.07, 6.45) is 2.72. The molecule has 1 aromatic heterocycles. The fourth-order valence-corrected chi connectivity index (χ4v) is 2.33. The van der Waals surface area contributed by atoms with Crippen LogP contribution in [0.1, 0.15) is 12.8 Å². The molecule has 0 aromatic carbocycles. The maximum absolute atomic E-state index is 13.0. The molecule has 1 aliphatic carbocycles. The molecular weight excluding hydrogens is 205 g/mol. The molecule has 1 aromatic rings. The van der Waals surface area contributed by atoms with Crippen LogP contribution in [0.15, 0.2) is 18.2 Å². The van der Waals surface area contributed by atoms with Crippen LogP contribution in [-0.2, 0) is 0 Å². The summed E-state index contributed by atoms with van der Waals surface area (Å²) in [6, 6.07) is 5.84. The van der Waals surface area contributed by atoms with Crippen LogP contribution < -0.4 is 4.90 Å². The molecule has 1 aliphatic heterocycles. The molecule has 86 valence electrons. The third kappa shape index (κ3) is 2.02. The van der Waals surface area contributed by atoms with Gasteiger partial charge in [0.1, 0.15) is 5.82 Å². The van der Waals surface area contributed by atoms with Crippen LogP contribution >= 0.6 is 0 Å². The number of pyridine rings is 1.